The number of amides is 1. The molecule has 4 rings (SSSR count). The van der Waals surface area contributed by atoms with Gasteiger partial charge in [0.15, 0.2) is 0 Å². The summed E-state index contributed by atoms with van der Waals surface area (Å²) in [5.74, 6) is 0.158. The molecule has 0 saturated carbocycles. The number of carbonyl (C=O) groups excluding carboxylic acids is 1. The molecule has 0 atom stereocenters. The van der Waals surface area contributed by atoms with E-state index in [0.717, 1.165) is 17.0 Å². The molecule has 3 heterocycles. The van der Waals surface area contributed by atoms with E-state index in [0.29, 0.717) is 26.1 Å². The van der Waals surface area contributed by atoms with E-state index in [1.807, 2.05) is 57.7 Å². The number of fused-ring (bicyclic) bond motifs is 1. The van der Waals surface area contributed by atoms with Gasteiger partial charge >= 0.3 is 0 Å². The Morgan fingerprint density at radius 2 is 2.04 bits per heavy atom. The number of imidazole rings is 1. The molecule has 0 radical (unpaired) electrons. The number of aryl methyl sites for hydroxylation is 1. The van der Waals surface area contributed by atoms with Crippen LogP contribution < -0.4 is 0 Å². The standard InChI is InChI=1S/C18H19N5O/c1-21-17-12-23(18(24)9-14-5-3-2-4-6-14)10-15(17)16(20-21)11-22-8-7-19-13-22/h2-8,13H,9-12H2,1H3. The lowest BCUT2D eigenvalue weighted by atomic mass is 10.1. The van der Waals surface area contributed by atoms with Crippen LogP contribution in [-0.2, 0) is 37.9 Å². The number of benzene rings is 1. The number of hydrogen-bond donors (Lipinski definition) is 0. The molecule has 1 aliphatic heterocycles. The SMILES string of the molecule is Cn1nc(Cn2ccnc2)c2c1CN(C(=O)Cc1ccccc1)C2. The third-order valence-corrected chi connectivity index (χ3v) is 4.49. The predicted octanol–water partition coefficient (Wildman–Crippen LogP) is 1.75. The first kappa shape index (κ1) is 14.7. The minimum atomic E-state index is 0.158. The topological polar surface area (TPSA) is 56.0 Å². The van der Waals surface area contributed by atoms with Gasteiger partial charge in [0, 0.05) is 31.5 Å². The first-order valence-corrected chi connectivity index (χ1v) is 8.02. The van der Waals surface area contributed by atoms with Crippen molar-refractivity contribution in [3.05, 3.63) is 71.6 Å². The number of aromatic nitrogens is 4. The monoisotopic (exact) mass is 321 g/mol. The summed E-state index contributed by atoms with van der Waals surface area (Å²) in [6, 6.07) is 9.89. The highest BCUT2D eigenvalue weighted by molar-refractivity contribution is 5.79. The summed E-state index contributed by atoms with van der Waals surface area (Å²) in [4.78, 5) is 18.6. The number of rotatable bonds is 4. The third kappa shape index (κ3) is 2.71. The highest BCUT2D eigenvalue weighted by Crippen LogP contribution is 2.26. The predicted molar refractivity (Wildman–Crippen MR) is 88.9 cm³/mol. The van der Waals surface area contributed by atoms with E-state index in [1.165, 1.54) is 5.56 Å². The van der Waals surface area contributed by atoms with Gasteiger partial charge in [0.05, 0.1) is 37.2 Å². The van der Waals surface area contributed by atoms with Crippen molar-refractivity contribution >= 4 is 5.91 Å². The average molecular weight is 321 g/mol. The lowest BCUT2D eigenvalue weighted by Gasteiger charge is -2.16. The van der Waals surface area contributed by atoms with E-state index in [2.05, 4.69) is 10.1 Å². The molecule has 0 spiro atoms. The summed E-state index contributed by atoms with van der Waals surface area (Å²) in [6.07, 6.45) is 5.92. The maximum Gasteiger partial charge on any atom is 0.227 e. The number of carbonyl (C=O) groups is 1. The van der Waals surface area contributed by atoms with Crippen LogP contribution in [0.3, 0.4) is 0 Å². The number of nitrogens with zero attached hydrogens (tertiary/aromatic N) is 5. The summed E-state index contributed by atoms with van der Waals surface area (Å²) < 4.78 is 3.90. The fourth-order valence-electron chi connectivity index (χ4n) is 3.21. The highest BCUT2D eigenvalue weighted by Gasteiger charge is 2.29. The van der Waals surface area contributed by atoms with E-state index < -0.39 is 0 Å². The lowest BCUT2D eigenvalue weighted by Crippen LogP contribution is -2.28. The molecule has 1 aliphatic rings. The molecule has 0 saturated heterocycles. The van der Waals surface area contributed by atoms with E-state index >= 15 is 0 Å². The summed E-state index contributed by atoms with van der Waals surface area (Å²) >= 11 is 0. The van der Waals surface area contributed by atoms with Crippen LogP contribution in [-0.4, -0.2) is 30.1 Å². The molecule has 0 fully saturated rings. The van der Waals surface area contributed by atoms with Gasteiger partial charge in [-0.1, -0.05) is 30.3 Å². The molecular formula is C18H19N5O. The Balaban J connectivity index is 1.50. The zero-order chi connectivity index (χ0) is 16.5. The first-order chi connectivity index (χ1) is 11.7. The van der Waals surface area contributed by atoms with Gasteiger partial charge in [0.2, 0.25) is 5.91 Å². The molecule has 24 heavy (non-hydrogen) atoms. The molecule has 3 aromatic rings. The molecule has 6 heteroatoms. The van der Waals surface area contributed by atoms with E-state index in [4.69, 9.17) is 0 Å². The largest absolute Gasteiger partial charge is 0.332 e. The molecule has 0 aliphatic carbocycles. The molecule has 0 N–H and O–H groups in total. The lowest BCUT2D eigenvalue weighted by molar-refractivity contribution is -0.131. The van der Waals surface area contributed by atoms with Crippen molar-refractivity contribution < 1.29 is 4.79 Å². The summed E-state index contributed by atoms with van der Waals surface area (Å²) in [7, 11) is 1.95. The highest BCUT2D eigenvalue weighted by atomic mass is 16.2. The Morgan fingerprint density at radius 3 is 2.79 bits per heavy atom. The van der Waals surface area contributed by atoms with Gasteiger partial charge in [-0.15, -0.1) is 0 Å². The second-order valence-electron chi connectivity index (χ2n) is 6.14. The molecule has 0 unspecified atom stereocenters. The van der Waals surface area contributed by atoms with Crippen LogP contribution >= 0.6 is 0 Å². The van der Waals surface area contributed by atoms with Crippen molar-refractivity contribution in [1.29, 1.82) is 0 Å². The fourth-order valence-corrected chi connectivity index (χ4v) is 3.21. The summed E-state index contributed by atoms with van der Waals surface area (Å²) in [5, 5.41) is 4.61. The fraction of sp³-hybridized carbons (Fsp3) is 0.278. The minimum Gasteiger partial charge on any atom is -0.332 e. The van der Waals surface area contributed by atoms with E-state index in [9.17, 15) is 4.79 Å². The zero-order valence-corrected chi connectivity index (χ0v) is 13.6. The van der Waals surface area contributed by atoms with Crippen molar-refractivity contribution in [2.45, 2.75) is 26.1 Å². The third-order valence-electron chi connectivity index (χ3n) is 4.49. The van der Waals surface area contributed by atoms with E-state index in [-0.39, 0.29) is 5.91 Å². The molecule has 122 valence electrons. The Morgan fingerprint density at radius 1 is 1.21 bits per heavy atom. The Bertz CT molecular complexity index is 851. The molecule has 2 aromatic heterocycles. The maximum absolute atomic E-state index is 12.6. The van der Waals surface area contributed by atoms with Crippen molar-refractivity contribution in [2.75, 3.05) is 0 Å². The summed E-state index contributed by atoms with van der Waals surface area (Å²) in [5.41, 5.74) is 4.37. The Hall–Kier alpha value is -2.89. The van der Waals surface area contributed by atoms with Crippen LogP contribution in [0.1, 0.15) is 22.5 Å². The van der Waals surface area contributed by atoms with Crippen molar-refractivity contribution in [3.8, 4) is 0 Å². The molecule has 6 nitrogen and oxygen atoms in total. The van der Waals surface area contributed by atoms with Gasteiger partial charge < -0.3 is 9.47 Å². The van der Waals surface area contributed by atoms with Gasteiger partial charge in [-0.3, -0.25) is 9.48 Å². The van der Waals surface area contributed by atoms with Crippen LogP contribution in [0.25, 0.3) is 0 Å². The Labute approximate surface area is 140 Å². The molecule has 1 aromatic carbocycles. The van der Waals surface area contributed by atoms with Crippen molar-refractivity contribution in [3.63, 3.8) is 0 Å². The zero-order valence-electron chi connectivity index (χ0n) is 13.6. The average Bonchev–Trinajstić information content (AvgIpc) is 3.29. The van der Waals surface area contributed by atoms with Crippen molar-refractivity contribution in [2.24, 2.45) is 7.05 Å². The second-order valence-corrected chi connectivity index (χ2v) is 6.14. The Kier molecular flexibility index (Phi) is 3.65. The smallest absolute Gasteiger partial charge is 0.227 e. The van der Waals surface area contributed by atoms with Gasteiger partial charge in [-0.2, -0.15) is 5.10 Å². The van der Waals surface area contributed by atoms with Crippen LogP contribution in [0.2, 0.25) is 0 Å². The first-order valence-electron chi connectivity index (χ1n) is 8.02. The van der Waals surface area contributed by atoms with Gasteiger partial charge in [-0.05, 0) is 5.56 Å². The quantitative estimate of drug-likeness (QED) is 0.735. The van der Waals surface area contributed by atoms with E-state index in [1.54, 1.807) is 12.5 Å². The molecule has 0 bridgehead atoms. The minimum absolute atomic E-state index is 0.158. The van der Waals surface area contributed by atoms with Gasteiger partial charge in [0.1, 0.15) is 0 Å². The second kappa shape index (κ2) is 5.96. The normalized spacial score (nSPS) is 13.3. The van der Waals surface area contributed by atoms with Gasteiger partial charge in [-0.25, -0.2) is 4.98 Å². The van der Waals surface area contributed by atoms with Crippen LogP contribution in [0.5, 0.6) is 0 Å². The maximum atomic E-state index is 12.6. The molecular weight excluding hydrogens is 302 g/mol. The van der Waals surface area contributed by atoms with Crippen molar-refractivity contribution in [1.82, 2.24) is 24.2 Å². The molecule has 1 amide bonds. The van der Waals surface area contributed by atoms with Gasteiger partial charge in [0.25, 0.3) is 0 Å². The number of hydrogen-bond acceptors (Lipinski definition) is 3. The van der Waals surface area contributed by atoms with Crippen LogP contribution in [0, 0.1) is 0 Å². The van der Waals surface area contributed by atoms with Crippen LogP contribution in [0.4, 0.5) is 0 Å². The summed E-state index contributed by atoms with van der Waals surface area (Å²) in [6.45, 7) is 1.96. The van der Waals surface area contributed by atoms with Crippen LogP contribution in [0.15, 0.2) is 49.1 Å².